The van der Waals surface area contributed by atoms with E-state index in [1.54, 1.807) is 0 Å². The molecular formula is C21H27N3O2. The molecule has 1 aromatic carbocycles. The molecule has 2 aromatic rings. The van der Waals surface area contributed by atoms with Gasteiger partial charge in [-0.05, 0) is 43.2 Å². The molecule has 0 saturated carbocycles. The van der Waals surface area contributed by atoms with E-state index in [0.29, 0.717) is 0 Å². The average molecular weight is 353 g/mol. The molecule has 0 spiro atoms. The molecule has 0 aliphatic carbocycles. The van der Waals surface area contributed by atoms with E-state index in [0.717, 1.165) is 48.8 Å². The van der Waals surface area contributed by atoms with Crippen molar-refractivity contribution in [2.75, 3.05) is 18.0 Å². The summed E-state index contributed by atoms with van der Waals surface area (Å²) in [5.74, 6) is 1.88. The summed E-state index contributed by atoms with van der Waals surface area (Å²) in [5, 5.41) is 2.89. The number of aromatic nitrogens is 1. The molecule has 1 fully saturated rings. The van der Waals surface area contributed by atoms with Crippen LogP contribution in [0.2, 0.25) is 0 Å². The number of anilines is 1. The summed E-state index contributed by atoms with van der Waals surface area (Å²) >= 11 is 0. The highest BCUT2D eigenvalue weighted by molar-refractivity contribution is 5.73. The average Bonchev–Trinajstić information content (AvgIpc) is 3.10. The van der Waals surface area contributed by atoms with Gasteiger partial charge in [0.1, 0.15) is 17.7 Å². The molecule has 2 heterocycles. The van der Waals surface area contributed by atoms with E-state index in [-0.39, 0.29) is 18.1 Å². The number of carbonyl (C=O) groups excluding carboxylic acids is 1. The summed E-state index contributed by atoms with van der Waals surface area (Å²) in [6.45, 7) is 7.44. The van der Waals surface area contributed by atoms with E-state index >= 15 is 0 Å². The minimum Gasteiger partial charge on any atom is -0.489 e. The third kappa shape index (κ3) is 4.54. The van der Waals surface area contributed by atoms with Crippen LogP contribution in [0.4, 0.5) is 5.82 Å². The first kappa shape index (κ1) is 18.2. The van der Waals surface area contributed by atoms with Crippen LogP contribution in [0.1, 0.15) is 44.5 Å². The number of hydrogen-bond acceptors (Lipinski definition) is 4. The van der Waals surface area contributed by atoms with Gasteiger partial charge in [0.2, 0.25) is 5.91 Å². The summed E-state index contributed by atoms with van der Waals surface area (Å²) in [6, 6.07) is 14.2. The Bertz CT molecular complexity index is 745. The van der Waals surface area contributed by atoms with E-state index in [1.165, 1.54) is 6.92 Å². The smallest absolute Gasteiger partial charge is 0.217 e. The first-order chi connectivity index (χ1) is 12.5. The van der Waals surface area contributed by atoms with Crippen LogP contribution in [0.5, 0.6) is 5.75 Å². The standard InChI is InChI=1S/C21H27N3O2/c1-4-18-6-5-7-21(23-18)24-13-12-20(14-24)26-19-10-8-17(9-11-19)15(2)22-16(3)25/h5-11,15,20H,4,12-14H2,1-3H3,(H,22,25)/t15-,20?/m0/s1. The van der Waals surface area contributed by atoms with Gasteiger partial charge in [0.25, 0.3) is 0 Å². The van der Waals surface area contributed by atoms with Crippen LogP contribution in [0, 0.1) is 0 Å². The van der Waals surface area contributed by atoms with Crippen LogP contribution in [0.25, 0.3) is 0 Å². The molecule has 1 aliphatic rings. The molecule has 1 saturated heterocycles. The second-order valence-corrected chi connectivity index (χ2v) is 6.81. The molecule has 1 aromatic heterocycles. The largest absolute Gasteiger partial charge is 0.489 e. The fourth-order valence-corrected chi connectivity index (χ4v) is 3.29. The Kier molecular flexibility index (Phi) is 5.76. The predicted octanol–water partition coefficient (Wildman–Crippen LogP) is 3.50. The van der Waals surface area contributed by atoms with Gasteiger partial charge in [-0.1, -0.05) is 25.1 Å². The number of ether oxygens (including phenoxy) is 1. The Labute approximate surface area is 155 Å². The van der Waals surface area contributed by atoms with Crippen LogP contribution in [0.3, 0.4) is 0 Å². The monoisotopic (exact) mass is 353 g/mol. The molecule has 1 aliphatic heterocycles. The third-order valence-corrected chi connectivity index (χ3v) is 4.73. The fourth-order valence-electron chi connectivity index (χ4n) is 3.29. The SMILES string of the molecule is CCc1cccc(N2CCC(Oc3ccc([C@H](C)NC(C)=O)cc3)C2)n1. The molecule has 5 nitrogen and oxygen atoms in total. The molecular weight excluding hydrogens is 326 g/mol. The van der Waals surface area contributed by atoms with Crippen molar-refractivity contribution < 1.29 is 9.53 Å². The Hall–Kier alpha value is -2.56. The topological polar surface area (TPSA) is 54.5 Å². The molecule has 1 amide bonds. The second-order valence-electron chi connectivity index (χ2n) is 6.81. The summed E-state index contributed by atoms with van der Waals surface area (Å²) in [6.07, 6.45) is 2.10. The normalized spacial score (nSPS) is 17.8. The lowest BCUT2D eigenvalue weighted by molar-refractivity contribution is -0.119. The molecule has 1 N–H and O–H groups in total. The summed E-state index contributed by atoms with van der Waals surface area (Å²) < 4.78 is 6.14. The van der Waals surface area contributed by atoms with E-state index in [4.69, 9.17) is 9.72 Å². The minimum absolute atomic E-state index is 0.000406. The van der Waals surface area contributed by atoms with Crippen LogP contribution < -0.4 is 15.0 Å². The number of nitrogens with zero attached hydrogens (tertiary/aromatic N) is 2. The van der Waals surface area contributed by atoms with Gasteiger partial charge in [-0.15, -0.1) is 0 Å². The molecule has 26 heavy (non-hydrogen) atoms. The van der Waals surface area contributed by atoms with E-state index < -0.39 is 0 Å². The maximum Gasteiger partial charge on any atom is 0.217 e. The molecule has 3 rings (SSSR count). The number of amides is 1. The van der Waals surface area contributed by atoms with Crippen molar-refractivity contribution in [2.45, 2.75) is 45.8 Å². The Morgan fingerprint density at radius 2 is 2.08 bits per heavy atom. The van der Waals surface area contributed by atoms with E-state index in [9.17, 15) is 4.79 Å². The van der Waals surface area contributed by atoms with Crippen LogP contribution in [-0.2, 0) is 11.2 Å². The van der Waals surface area contributed by atoms with Crippen molar-refractivity contribution in [2.24, 2.45) is 0 Å². The highest BCUT2D eigenvalue weighted by Crippen LogP contribution is 2.24. The van der Waals surface area contributed by atoms with Crippen LogP contribution in [-0.4, -0.2) is 30.1 Å². The van der Waals surface area contributed by atoms with Gasteiger partial charge in [-0.25, -0.2) is 4.98 Å². The first-order valence-corrected chi connectivity index (χ1v) is 9.29. The number of rotatable bonds is 6. The van der Waals surface area contributed by atoms with Gasteiger partial charge in [-0.2, -0.15) is 0 Å². The van der Waals surface area contributed by atoms with Crippen molar-refractivity contribution in [3.05, 3.63) is 53.7 Å². The third-order valence-electron chi connectivity index (χ3n) is 4.73. The molecule has 0 radical (unpaired) electrons. The van der Waals surface area contributed by atoms with Gasteiger partial charge < -0.3 is 15.0 Å². The molecule has 1 unspecified atom stereocenters. The maximum atomic E-state index is 11.2. The van der Waals surface area contributed by atoms with Crippen LogP contribution >= 0.6 is 0 Å². The summed E-state index contributed by atoms with van der Waals surface area (Å²) in [4.78, 5) is 18.2. The predicted molar refractivity (Wildman–Crippen MR) is 104 cm³/mol. The molecule has 0 bridgehead atoms. The van der Waals surface area contributed by atoms with Crippen molar-refractivity contribution in [3.63, 3.8) is 0 Å². The minimum atomic E-state index is -0.0235. The molecule has 138 valence electrons. The van der Waals surface area contributed by atoms with Gasteiger partial charge in [0, 0.05) is 25.6 Å². The highest BCUT2D eigenvalue weighted by atomic mass is 16.5. The zero-order chi connectivity index (χ0) is 18.5. The lowest BCUT2D eigenvalue weighted by atomic mass is 10.1. The molecule has 5 heteroatoms. The lowest BCUT2D eigenvalue weighted by Gasteiger charge is -2.19. The van der Waals surface area contributed by atoms with Gasteiger partial charge >= 0.3 is 0 Å². The Morgan fingerprint density at radius 1 is 1.31 bits per heavy atom. The van der Waals surface area contributed by atoms with Crippen LogP contribution in [0.15, 0.2) is 42.5 Å². The van der Waals surface area contributed by atoms with Crippen molar-refractivity contribution in [1.82, 2.24) is 10.3 Å². The van der Waals surface area contributed by atoms with E-state index in [1.807, 2.05) is 31.2 Å². The summed E-state index contributed by atoms with van der Waals surface area (Å²) in [5.41, 5.74) is 2.19. The highest BCUT2D eigenvalue weighted by Gasteiger charge is 2.25. The van der Waals surface area contributed by atoms with Gasteiger partial charge in [0.15, 0.2) is 0 Å². The number of aryl methyl sites for hydroxylation is 1. The lowest BCUT2D eigenvalue weighted by Crippen LogP contribution is -2.25. The number of hydrogen-bond donors (Lipinski definition) is 1. The maximum absolute atomic E-state index is 11.2. The summed E-state index contributed by atoms with van der Waals surface area (Å²) in [7, 11) is 0. The zero-order valence-electron chi connectivity index (χ0n) is 15.7. The Morgan fingerprint density at radius 3 is 2.77 bits per heavy atom. The quantitative estimate of drug-likeness (QED) is 0.864. The number of pyridine rings is 1. The first-order valence-electron chi connectivity index (χ1n) is 9.29. The van der Waals surface area contributed by atoms with Gasteiger partial charge in [0.05, 0.1) is 12.6 Å². The fraction of sp³-hybridized carbons (Fsp3) is 0.429. The van der Waals surface area contributed by atoms with Crippen molar-refractivity contribution in [1.29, 1.82) is 0 Å². The number of benzene rings is 1. The Balaban J connectivity index is 1.57. The molecule has 2 atom stereocenters. The van der Waals surface area contributed by atoms with E-state index in [2.05, 4.69) is 35.3 Å². The number of nitrogens with one attached hydrogen (secondary N) is 1. The second kappa shape index (κ2) is 8.21. The van der Waals surface area contributed by atoms with Crippen molar-refractivity contribution in [3.8, 4) is 5.75 Å². The van der Waals surface area contributed by atoms with Crippen molar-refractivity contribution >= 4 is 11.7 Å². The zero-order valence-corrected chi connectivity index (χ0v) is 15.7. The number of carbonyl (C=O) groups is 1. The van der Waals surface area contributed by atoms with Gasteiger partial charge in [-0.3, -0.25) is 4.79 Å².